The molecule has 3 rings (SSSR count). The fraction of sp³-hybridized carbons (Fsp3) is 0.692. The lowest BCUT2D eigenvalue weighted by Gasteiger charge is -2.28. The van der Waals surface area contributed by atoms with Crippen LogP contribution in [0, 0.1) is 0 Å². The predicted molar refractivity (Wildman–Crippen MR) is 73.3 cm³/mol. The van der Waals surface area contributed by atoms with Crippen molar-refractivity contribution in [3.05, 3.63) is 16.6 Å². The number of aromatic nitrogens is 1. The molecule has 0 aliphatic carbocycles. The summed E-state index contributed by atoms with van der Waals surface area (Å²) in [5.74, 6) is -0.000142. The van der Waals surface area contributed by atoms with Gasteiger partial charge >= 0.3 is 0 Å². The highest BCUT2D eigenvalue weighted by Gasteiger charge is 2.40. The van der Waals surface area contributed by atoms with Crippen molar-refractivity contribution in [2.45, 2.75) is 24.9 Å². The minimum absolute atomic E-state index is 0.000142. The van der Waals surface area contributed by atoms with Crippen molar-refractivity contribution in [3.63, 3.8) is 0 Å². The zero-order valence-electron chi connectivity index (χ0n) is 10.9. The van der Waals surface area contributed by atoms with E-state index in [4.69, 9.17) is 0 Å². The first kappa shape index (κ1) is 13.0. The van der Waals surface area contributed by atoms with E-state index < -0.39 is 5.60 Å². The Bertz CT molecular complexity index is 445. The van der Waals surface area contributed by atoms with Gasteiger partial charge in [-0.05, 0) is 32.4 Å². The molecule has 0 radical (unpaired) electrons. The molecule has 104 valence electrons. The van der Waals surface area contributed by atoms with Crippen LogP contribution in [0.4, 0.5) is 0 Å². The van der Waals surface area contributed by atoms with E-state index in [1.54, 1.807) is 16.6 Å². The third kappa shape index (κ3) is 2.80. The Kier molecular flexibility index (Phi) is 3.56. The number of rotatable bonds is 3. The number of aliphatic hydroxyl groups is 1. The fourth-order valence-electron chi connectivity index (χ4n) is 2.99. The highest BCUT2D eigenvalue weighted by atomic mass is 32.1. The highest BCUT2D eigenvalue weighted by molar-refractivity contribution is 7.11. The Labute approximate surface area is 116 Å². The highest BCUT2D eigenvalue weighted by Crippen LogP contribution is 2.26. The molecule has 1 aromatic rings. The Morgan fingerprint density at radius 2 is 2.21 bits per heavy atom. The molecular weight excluding hydrogens is 262 g/mol. The van der Waals surface area contributed by atoms with E-state index in [9.17, 15) is 9.90 Å². The van der Waals surface area contributed by atoms with Gasteiger partial charge in [-0.2, -0.15) is 0 Å². The van der Waals surface area contributed by atoms with E-state index in [0.29, 0.717) is 30.9 Å². The Morgan fingerprint density at radius 1 is 1.42 bits per heavy atom. The van der Waals surface area contributed by atoms with Gasteiger partial charge < -0.3 is 14.9 Å². The number of hydrogen-bond donors (Lipinski definition) is 1. The summed E-state index contributed by atoms with van der Waals surface area (Å²) >= 11 is 1.36. The molecule has 1 unspecified atom stereocenters. The van der Waals surface area contributed by atoms with Crippen molar-refractivity contribution in [2.75, 3.05) is 32.7 Å². The Morgan fingerprint density at radius 3 is 2.89 bits per heavy atom. The van der Waals surface area contributed by atoms with Crippen LogP contribution in [0.3, 0.4) is 0 Å². The molecule has 2 aliphatic heterocycles. The summed E-state index contributed by atoms with van der Waals surface area (Å²) in [5, 5.41) is 10.6. The van der Waals surface area contributed by atoms with E-state index in [2.05, 4.69) is 9.88 Å². The third-order valence-corrected chi connectivity index (χ3v) is 4.74. The number of amides is 1. The molecule has 2 fully saturated rings. The van der Waals surface area contributed by atoms with E-state index in [1.165, 1.54) is 24.2 Å². The maximum atomic E-state index is 12.2. The quantitative estimate of drug-likeness (QED) is 0.891. The van der Waals surface area contributed by atoms with E-state index in [0.717, 1.165) is 13.1 Å². The van der Waals surface area contributed by atoms with Crippen LogP contribution >= 0.6 is 11.3 Å². The topological polar surface area (TPSA) is 56.7 Å². The molecule has 1 aromatic heterocycles. The largest absolute Gasteiger partial charge is 0.387 e. The van der Waals surface area contributed by atoms with Gasteiger partial charge in [-0.25, -0.2) is 0 Å². The van der Waals surface area contributed by atoms with Crippen LogP contribution in [-0.2, 0) is 0 Å². The minimum Gasteiger partial charge on any atom is -0.387 e. The maximum Gasteiger partial charge on any atom is 0.265 e. The lowest BCUT2D eigenvalue weighted by molar-refractivity contribution is 0.0176. The van der Waals surface area contributed by atoms with Gasteiger partial charge in [0.1, 0.15) is 4.88 Å². The molecule has 2 aliphatic rings. The number of hydrogen-bond acceptors (Lipinski definition) is 5. The molecule has 5 nitrogen and oxygen atoms in total. The lowest BCUT2D eigenvalue weighted by atomic mass is 10.0. The molecule has 1 atom stereocenters. The van der Waals surface area contributed by atoms with Gasteiger partial charge in [0.2, 0.25) is 0 Å². The first-order valence-electron chi connectivity index (χ1n) is 6.79. The fourth-order valence-corrected chi connectivity index (χ4v) is 3.58. The van der Waals surface area contributed by atoms with Gasteiger partial charge in [-0.1, -0.05) is 0 Å². The molecule has 0 saturated carbocycles. The van der Waals surface area contributed by atoms with Gasteiger partial charge in [-0.3, -0.25) is 9.78 Å². The second-order valence-corrected chi connectivity index (χ2v) is 6.44. The average molecular weight is 281 g/mol. The van der Waals surface area contributed by atoms with E-state index in [1.807, 2.05) is 0 Å². The minimum atomic E-state index is -0.731. The summed E-state index contributed by atoms with van der Waals surface area (Å²) in [6, 6.07) is 0. The maximum absolute atomic E-state index is 12.2. The molecule has 0 bridgehead atoms. The molecule has 0 spiro atoms. The predicted octanol–water partition coefficient (Wildman–Crippen LogP) is 0.816. The van der Waals surface area contributed by atoms with Crippen LogP contribution in [0.5, 0.6) is 0 Å². The van der Waals surface area contributed by atoms with Crippen LogP contribution in [-0.4, -0.2) is 64.1 Å². The smallest absolute Gasteiger partial charge is 0.265 e. The standard InChI is InChI=1S/C13H19N3O2S/c17-12(11-7-14-10-19-11)16-6-3-13(18,9-16)8-15-4-1-2-5-15/h7,10,18H,1-6,8-9H2. The Hall–Kier alpha value is -0.980. The summed E-state index contributed by atoms with van der Waals surface area (Å²) in [5.41, 5.74) is 0.935. The number of carbonyl (C=O) groups excluding carboxylic acids is 1. The summed E-state index contributed by atoms with van der Waals surface area (Å²) in [6.45, 7) is 3.93. The van der Waals surface area contributed by atoms with Crippen LogP contribution in [0.25, 0.3) is 0 Å². The van der Waals surface area contributed by atoms with Crippen molar-refractivity contribution in [1.82, 2.24) is 14.8 Å². The molecule has 1 N–H and O–H groups in total. The second kappa shape index (κ2) is 5.19. The van der Waals surface area contributed by atoms with Crippen molar-refractivity contribution in [1.29, 1.82) is 0 Å². The summed E-state index contributed by atoms with van der Waals surface area (Å²) in [4.78, 5) is 20.9. The molecule has 3 heterocycles. The number of likely N-dealkylation sites (tertiary alicyclic amines) is 2. The monoisotopic (exact) mass is 281 g/mol. The van der Waals surface area contributed by atoms with Crippen LogP contribution in [0.2, 0.25) is 0 Å². The Balaban J connectivity index is 1.61. The van der Waals surface area contributed by atoms with Crippen LogP contribution in [0.1, 0.15) is 28.9 Å². The van der Waals surface area contributed by atoms with Crippen LogP contribution in [0.15, 0.2) is 11.7 Å². The molecular formula is C13H19N3O2S. The lowest BCUT2D eigenvalue weighted by Crippen LogP contribution is -2.44. The normalized spacial score (nSPS) is 28.2. The number of carbonyl (C=O) groups is 1. The van der Waals surface area contributed by atoms with Crippen LogP contribution < -0.4 is 0 Å². The van der Waals surface area contributed by atoms with Crippen molar-refractivity contribution >= 4 is 17.2 Å². The molecule has 19 heavy (non-hydrogen) atoms. The summed E-state index contributed by atoms with van der Waals surface area (Å²) in [6.07, 6.45) is 4.72. The van der Waals surface area contributed by atoms with Gasteiger partial charge in [0.25, 0.3) is 5.91 Å². The second-order valence-electron chi connectivity index (χ2n) is 5.55. The van der Waals surface area contributed by atoms with Crippen molar-refractivity contribution in [2.24, 2.45) is 0 Å². The number of thiazole rings is 1. The SMILES string of the molecule is O=C(c1cncs1)N1CCC(O)(CN2CCCC2)C1. The molecule has 6 heteroatoms. The molecule has 0 aromatic carbocycles. The first-order valence-corrected chi connectivity index (χ1v) is 7.67. The molecule has 1 amide bonds. The first-order chi connectivity index (χ1) is 9.16. The van der Waals surface area contributed by atoms with Gasteiger partial charge in [0, 0.05) is 13.1 Å². The summed E-state index contributed by atoms with van der Waals surface area (Å²) in [7, 11) is 0. The zero-order valence-corrected chi connectivity index (χ0v) is 11.7. The van der Waals surface area contributed by atoms with E-state index in [-0.39, 0.29) is 5.91 Å². The molecule has 2 saturated heterocycles. The third-order valence-electron chi connectivity index (χ3n) is 3.98. The summed E-state index contributed by atoms with van der Waals surface area (Å²) < 4.78 is 0. The number of β-amino-alcohol motifs (C(OH)–C–C–N with tert-alkyl or cyclic N) is 1. The van der Waals surface area contributed by atoms with Crippen molar-refractivity contribution in [3.8, 4) is 0 Å². The van der Waals surface area contributed by atoms with Gasteiger partial charge in [0.15, 0.2) is 0 Å². The average Bonchev–Trinajstić information content (AvgIpc) is 3.09. The van der Waals surface area contributed by atoms with E-state index >= 15 is 0 Å². The van der Waals surface area contributed by atoms with Crippen molar-refractivity contribution < 1.29 is 9.90 Å². The van der Waals surface area contributed by atoms with Gasteiger partial charge in [0.05, 0.1) is 23.9 Å². The number of nitrogens with zero attached hydrogens (tertiary/aromatic N) is 3. The van der Waals surface area contributed by atoms with Gasteiger partial charge in [-0.15, -0.1) is 11.3 Å². The zero-order chi connectivity index (χ0) is 13.3.